The SMILES string of the molecule is O=S(=O)(NC1CCCNC1)c1ccc(Cl)cc1C(F)(F)F. The molecule has 2 N–H and O–H groups in total. The van der Waals surface area contributed by atoms with Crippen LogP contribution < -0.4 is 10.0 Å². The molecule has 21 heavy (non-hydrogen) atoms. The summed E-state index contributed by atoms with van der Waals surface area (Å²) in [6.07, 6.45) is -3.44. The molecule has 9 heteroatoms. The van der Waals surface area contributed by atoms with Crippen molar-refractivity contribution >= 4 is 21.6 Å². The van der Waals surface area contributed by atoms with Crippen LogP contribution in [0.3, 0.4) is 0 Å². The highest BCUT2D eigenvalue weighted by Gasteiger charge is 2.38. The van der Waals surface area contributed by atoms with Crippen molar-refractivity contribution in [3.63, 3.8) is 0 Å². The second-order valence-corrected chi connectivity index (χ2v) is 6.92. The van der Waals surface area contributed by atoms with Gasteiger partial charge in [0.15, 0.2) is 0 Å². The molecule has 1 saturated heterocycles. The Morgan fingerprint density at radius 1 is 1.33 bits per heavy atom. The maximum Gasteiger partial charge on any atom is 0.417 e. The van der Waals surface area contributed by atoms with E-state index in [-0.39, 0.29) is 5.02 Å². The van der Waals surface area contributed by atoms with Crippen LogP contribution in [0.2, 0.25) is 5.02 Å². The van der Waals surface area contributed by atoms with Crippen molar-refractivity contribution in [2.45, 2.75) is 30.0 Å². The predicted molar refractivity (Wildman–Crippen MR) is 72.7 cm³/mol. The van der Waals surface area contributed by atoms with E-state index in [1.54, 1.807) is 0 Å². The second-order valence-electron chi connectivity index (χ2n) is 4.80. The first-order valence-corrected chi connectivity index (χ1v) is 8.16. The Bertz CT molecular complexity index is 613. The van der Waals surface area contributed by atoms with Gasteiger partial charge in [0.1, 0.15) is 0 Å². The lowest BCUT2D eigenvalue weighted by molar-refractivity contribution is -0.139. The monoisotopic (exact) mass is 342 g/mol. The zero-order valence-electron chi connectivity index (χ0n) is 10.9. The van der Waals surface area contributed by atoms with Crippen molar-refractivity contribution in [3.8, 4) is 0 Å². The highest BCUT2D eigenvalue weighted by atomic mass is 35.5. The molecule has 1 aromatic rings. The molecule has 1 unspecified atom stereocenters. The van der Waals surface area contributed by atoms with Crippen LogP contribution in [0.1, 0.15) is 18.4 Å². The van der Waals surface area contributed by atoms with Gasteiger partial charge in [0.25, 0.3) is 0 Å². The van der Waals surface area contributed by atoms with E-state index in [0.717, 1.165) is 25.1 Å². The minimum absolute atomic E-state index is 0.166. The van der Waals surface area contributed by atoms with E-state index in [4.69, 9.17) is 11.6 Å². The van der Waals surface area contributed by atoms with Crippen molar-refractivity contribution in [2.75, 3.05) is 13.1 Å². The molecule has 4 nitrogen and oxygen atoms in total. The number of rotatable bonds is 3. The Hall–Kier alpha value is -0.830. The summed E-state index contributed by atoms with van der Waals surface area (Å²) in [5.41, 5.74) is -1.26. The highest BCUT2D eigenvalue weighted by molar-refractivity contribution is 7.89. The van der Waals surface area contributed by atoms with Gasteiger partial charge >= 0.3 is 6.18 Å². The molecule has 1 fully saturated rings. The lowest BCUT2D eigenvalue weighted by atomic mass is 10.1. The van der Waals surface area contributed by atoms with Gasteiger partial charge in [0.2, 0.25) is 10.0 Å². The average Bonchev–Trinajstić information content (AvgIpc) is 2.38. The smallest absolute Gasteiger partial charge is 0.315 e. The zero-order chi connectivity index (χ0) is 15.7. The van der Waals surface area contributed by atoms with Gasteiger partial charge in [-0.05, 0) is 37.6 Å². The summed E-state index contributed by atoms with van der Waals surface area (Å²) in [6, 6.07) is 2.21. The molecule has 0 amide bonds. The molecule has 0 aliphatic carbocycles. The van der Waals surface area contributed by atoms with E-state index in [0.29, 0.717) is 19.0 Å². The van der Waals surface area contributed by atoms with E-state index in [1.807, 2.05) is 0 Å². The molecule has 1 aromatic carbocycles. The summed E-state index contributed by atoms with van der Waals surface area (Å²) in [7, 11) is -4.26. The second kappa shape index (κ2) is 6.12. The Morgan fingerprint density at radius 3 is 2.62 bits per heavy atom. The molecule has 0 bridgehead atoms. The van der Waals surface area contributed by atoms with Gasteiger partial charge in [0, 0.05) is 17.6 Å². The summed E-state index contributed by atoms with van der Waals surface area (Å²) in [5.74, 6) is 0. The van der Waals surface area contributed by atoms with Gasteiger partial charge in [-0.15, -0.1) is 0 Å². The van der Waals surface area contributed by atoms with E-state index in [9.17, 15) is 21.6 Å². The third-order valence-corrected chi connectivity index (χ3v) is 4.97. The van der Waals surface area contributed by atoms with Crippen LogP contribution in [0, 0.1) is 0 Å². The number of alkyl halides is 3. The number of hydrogen-bond acceptors (Lipinski definition) is 3. The highest BCUT2D eigenvalue weighted by Crippen LogP contribution is 2.35. The third-order valence-electron chi connectivity index (χ3n) is 3.16. The van der Waals surface area contributed by atoms with Crippen LogP contribution in [-0.4, -0.2) is 27.5 Å². The van der Waals surface area contributed by atoms with E-state index < -0.39 is 32.7 Å². The maximum atomic E-state index is 13.0. The molecule has 1 atom stereocenters. The molecule has 0 aromatic heterocycles. The summed E-state index contributed by atoms with van der Waals surface area (Å²) in [6.45, 7) is 1.17. The Kier molecular flexibility index (Phi) is 4.82. The van der Waals surface area contributed by atoms with E-state index in [1.165, 1.54) is 0 Å². The fraction of sp³-hybridized carbons (Fsp3) is 0.500. The Labute approximate surface area is 125 Å². The van der Waals surface area contributed by atoms with Gasteiger partial charge in [-0.1, -0.05) is 11.6 Å². The first kappa shape index (κ1) is 16.5. The molecule has 0 spiro atoms. The summed E-state index contributed by atoms with van der Waals surface area (Å²) >= 11 is 5.54. The maximum absolute atomic E-state index is 13.0. The van der Waals surface area contributed by atoms with Crippen LogP contribution in [0.25, 0.3) is 0 Å². The number of piperidine rings is 1. The molecule has 2 rings (SSSR count). The largest absolute Gasteiger partial charge is 0.417 e. The van der Waals surface area contributed by atoms with Crippen molar-refractivity contribution in [1.82, 2.24) is 10.0 Å². The van der Waals surface area contributed by atoms with Gasteiger partial charge in [0.05, 0.1) is 10.5 Å². The minimum Gasteiger partial charge on any atom is -0.315 e. The van der Waals surface area contributed by atoms with Crippen molar-refractivity contribution in [2.24, 2.45) is 0 Å². The molecule has 1 heterocycles. The summed E-state index contributed by atoms with van der Waals surface area (Å²) in [5, 5.41) is 2.83. The number of benzene rings is 1. The third kappa shape index (κ3) is 4.09. The van der Waals surface area contributed by atoms with Crippen LogP contribution in [0.15, 0.2) is 23.1 Å². The van der Waals surface area contributed by atoms with Crippen LogP contribution in [0.4, 0.5) is 13.2 Å². The minimum atomic E-state index is -4.79. The number of sulfonamides is 1. The van der Waals surface area contributed by atoms with E-state index >= 15 is 0 Å². The van der Waals surface area contributed by atoms with Crippen LogP contribution in [-0.2, 0) is 16.2 Å². The van der Waals surface area contributed by atoms with Crippen molar-refractivity contribution in [1.29, 1.82) is 0 Å². The first-order chi connectivity index (χ1) is 9.70. The number of halogens is 4. The fourth-order valence-corrected chi connectivity index (χ4v) is 3.84. The average molecular weight is 343 g/mol. The van der Waals surface area contributed by atoms with E-state index in [2.05, 4.69) is 10.0 Å². The molecular formula is C12H14ClF3N2O2S. The Balaban J connectivity index is 2.35. The normalized spacial score (nSPS) is 20.5. The molecular weight excluding hydrogens is 329 g/mol. The fourth-order valence-electron chi connectivity index (χ4n) is 2.19. The van der Waals surface area contributed by atoms with Crippen molar-refractivity contribution in [3.05, 3.63) is 28.8 Å². The zero-order valence-corrected chi connectivity index (χ0v) is 12.4. The molecule has 0 saturated carbocycles. The predicted octanol–water partition coefficient (Wildman–Crippen LogP) is 2.39. The first-order valence-electron chi connectivity index (χ1n) is 6.30. The number of nitrogens with one attached hydrogen (secondary N) is 2. The summed E-state index contributed by atoms with van der Waals surface area (Å²) < 4.78 is 65.6. The van der Waals surface area contributed by atoms with Gasteiger partial charge in [-0.2, -0.15) is 13.2 Å². The molecule has 1 aliphatic heterocycles. The lowest BCUT2D eigenvalue weighted by Gasteiger charge is -2.24. The number of hydrogen-bond donors (Lipinski definition) is 2. The standard InChI is InChI=1S/C12H14ClF3N2O2S/c13-8-3-4-11(10(6-8)12(14,15)16)21(19,20)18-9-2-1-5-17-7-9/h3-4,6,9,17-18H,1-2,5,7H2. The topological polar surface area (TPSA) is 58.2 Å². The van der Waals surface area contributed by atoms with Crippen LogP contribution in [0.5, 0.6) is 0 Å². The van der Waals surface area contributed by atoms with Gasteiger partial charge < -0.3 is 5.32 Å². The Morgan fingerprint density at radius 2 is 2.05 bits per heavy atom. The molecule has 118 valence electrons. The van der Waals surface area contributed by atoms with Crippen molar-refractivity contribution < 1.29 is 21.6 Å². The summed E-state index contributed by atoms with van der Waals surface area (Å²) in [4.78, 5) is -0.801. The van der Waals surface area contributed by atoms with Crippen LogP contribution >= 0.6 is 11.6 Å². The quantitative estimate of drug-likeness (QED) is 0.886. The lowest BCUT2D eigenvalue weighted by Crippen LogP contribution is -2.45. The molecule has 0 radical (unpaired) electrons. The van der Waals surface area contributed by atoms with Gasteiger partial charge in [-0.25, -0.2) is 13.1 Å². The van der Waals surface area contributed by atoms with Gasteiger partial charge in [-0.3, -0.25) is 0 Å². The molecule has 1 aliphatic rings.